The van der Waals surface area contributed by atoms with Crippen molar-refractivity contribution >= 4 is 17.3 Å². The van der Waals surface area contributed by atoms with Gasteiger partial charge in [0.2, 0.25) is 0 Å². The van der Waals surface area contributed by atoms with E-state index >= 15 is 0 Å². The first-order chi connectivity index (χ1) is 9.16. The van der Waals surface area contributed by atoms with E-state index in [0.717, 1.165) is 22.3 Å². The van der Waals surface area contributed by atoms with Crippen LogP contribution < -0.4 is 5.32 Å². The molecule has 1 saturated heterocycles. The zero-order chi connectivity index (χ0) is 13.4. The average Bonchev–Trinajstić information content (AvgIpc) is 2.96. The van der Waals surface area contributed by atoms with Gasteiger partial charge < -0.3 is 14.6 Å². The standard InChI is InChI=1S/C14H15N3OS/c1-9-6-7-11(18-9)13-12(16-14(19)17(13)2)10-5-3-4-8-15-10/h3-8,12-13H,1-2H3,(H,16,19)/t12-,13+/m1/s1. The van der Waals surface area contributed by atoms with Crippen LogP contribution in [0.25, 0.3) is 0 Å². The van der Waals surface area contributed by atoms with Gasteiger partial charge in [0, 0.05) is 13.2 Å². The van der Waals surface area contributed by atoms with Gasteiger partial charge in [0.15, 0.2) is 5.11 Å². The highest BCUT2D eigenvalue weighted by Gasteiger charge is 2.39. The fraction of sp³-hybridized carbons (Fsp3) is 0.286. The summed E-state index contributed by atoms with van der Waals surface area (Å²) in [6.45, 7) is 1.94. The minimum absolute atomic E-state index is 0.0178. The van der Waals surface area contributed by atoms with E-state index in [2.05, 4.69) is 10.3 Å². The summed E-state index contributed by atoms with van der Waals surface area (Å²) in [6.07, 6.45) is 1.79. The molecule has 1 fully saturated rings. The maximum Gasteiger partial charge on any atom is 0.170 e. The molecule has 0 unspecified atom stereocenters. The van der Waals surface area contributed by atoms with E-state index < -0.39 is 0 Å². The van der Waals surface area contributed by atoms with Gasteiger partial charge >= 0.3 is 0 Å². The molecule has 4 nitrogen and oxygen atoms in total. The van der Waals surface area contributed by atoms with Crippen LogP contribution in [0.3, 0.4) is 0 Å². The molecule has 0 saturated carbocycles. The molecular weight excluding hydrogens is 258 g/mol. The van der Waals surface area contributed by atoms with Gasteiger partial charge in [-0.2, -0.15) is 0 Å². The van der Waals surface area contributed by atoms with Crippen LogP contribution in [0, 0.1) is 6.92 Å². The molecule has 2 aromatic rings. The number of hydrogen-bond acceptors (Lipinski definition) is 3. The maximum absolute atomic E-state index is 5.77. The number of nitrogens with one attached hydrogen (secondary N) is 1. The third kappa shape index (κ3) is 2.10. The highest BCUT2D eigenvalue weighted by molar-refractivity contribution is 7.80. The summed E-state index contributed by atoms with van der Waals surface area (Å²) in [7, 11) is 1.97. The number of aromatic nitrogens is 1. The van der Waals surface area contributed by atoms with Crippen molar-refractivity contribution in [3.63, 3.8) is 0 Å². The van der Waals surface area contributed by atoms with Crippen LogP contribution in [0.4, 0.5) is 0 Å². The number of aryl methyl sites for hydroxylation is 1. The Hall–Kier alpha value is -1.88. The van der Waals surface area contributed by atoms with Crippen LogP contribution >= 0.6 is 12.2 Å². The average molecular weight is 273 g/mol. The lowest BCUT2D eigenvalue weighted by atomic mass is 10.0. The summed E-state index contributed by atoms with van der Waals surface area (Å²) >= 11 is 5.35. The van der Waals surface area contributed by atoms with E-state index in [1.54, 1.807) is 6.20 Å². The lowest BCUT2D eigenvalue weighted by molar-refractivity contribution is 0.303. The van der Waals surface area contributed by atoms with Gasteiger partial charge in [0.25, 0.3) is 0 Å². The van der Waals surface area contributed by atoms with Crippen molar-refractivity contribution in [3.8, 4) is 0 Å². The van der Waals surface area contributed by atoms with Gasteiger partial charge in [0.1, 0.15) is 17.6 Å². The lowest BCUT2D eigenvalue weighted by Gasteiger charge is -2.21. The molecule has 0 radical (unpaired) electrons. The molecule has 3 rings (SSSR count). The van der Waals surface area contributed by atoms with E-state index in [1.165, 1.54) is 0 Å². The van der Waals surface area contributed by atoms with Crippen molar-refractivity contribution < 1.29 is 4.42 Å². The van der Waals surface area contributed by atoms with Gasteiger partial charge in [-0.15, -0.1) is 0 Å². The lowest BCUT2D eigenvalue weighted by Crippen LogP contribution is -2.24. The molecule has 0 aromatic carbocycles. The Balaban J connectivity index is 2.01. The molecule has 0 amide bonds. The molecule has 2 aromatic heterocycles. The summed E-state index contributed by atoms with van der Waals surface area (Å²) < 4.78 is 5.77. The number of nitrogens with zero attached hydrogens (tertiary/aromatic N) is 2. The Bertz CT molecular complexity index is 596. The van der Waals surface area contributed by atoms with Gasteiger partial charge in [-0.05, 0) is 43.4 Å². The van der Waals surface area contributed by atoms with Gasteiger partial charge in [0.05, 0.1) is 11.7 Å². The molecule has 1 N–H and O–H groups in total. The van der Waals surface area contributed by atoms with Crippen molar-refractivity contribution in [2.45, 2.75) is 19.0 Å². The highest BCUT2D eigenvalue weighted by atomic mass is 32.1. The van der Waals surface area contributed by atoms with Crippen molar-refractivity contribution in [3.05, 3.63) is 53.7 Å². The SMILES string of the molecule is Cc1ccc([C@H]2[C@@H](c3ccccn3)NC(=S)N2C)o1. The first-order valence-corrected chi connectivity index (χ1v) is 6.58. The second-order valence-electron chi connectivity index (χ2n) is 4.69. The number of rotatable bonds is 2. The Morgan fingerprint density at radius 1 is 1.32 bits per heavy atom. The van der Waals surface area contributed by atoms with Crippen LogP contribution in [0.2, 0.25) is 0 Å². The molecule has 0 aliphatic carbocycles. The number of furan rings is 1. The molecule has 1 aliphatic rings. The van der Waals surface area contributed by atoms with E-state index in [-0.39, 0.29) is 12.1 Å². The van der Waals surface area contributed by atoms with E-state index in [1.807, 2.05) is 49.2 Å². The second-order valence-corrected chi connectivity index (χ2v) is 5.07. The summed E-state index contributed by atoms with van der Waals surface area (Å²) in [5.41, 5.74) is 0.966. The quantitative estimate of drug-likeness (QED) is 0.852. The van der Waals surface area contributed by atoms with Crippen LogP contribution in [0.5, 0.6) is 0 Å². The van der Waals surface area contributed by atoms with Crippen LogP contribution in [-0.4, -0.2) is 22.0 Å². The third-order valence-corrected chi connectivity index (χ3v) is 3.80. The molecule has 19 heavy (non-hydrogen) atoms. The Kier molecular flexibility index (Phi) is 2.98. The maximum atomic E-state index is 5.77. The summed E-state index contributed by atoms with van der Waals surface area (Å²) in [5.74, 6) is 1.81. The van der Waals surface area contributed by atoms with E-state index in [4.69, 9.17) is 16.6 Å². The predicted octanol–water partition coefficient (Wildman–Crippen LogP) is 2.59. The summed E-state index contributed by atoms with van der Waals surface area (Å²) in [4.78, 5) is 6.44. The molecule has 2 atom stereocenters. The minimum Gasteiger partial charge on any atom is -0.464 e. The van der Waals surface area contributed by atoms with E-state index in [9.17, 15) is 0 Å². The summed E-state index contributed by atoms with van der Waals surface area (Å²) in [5, 5.41) is 4.03. The van der Waals surface area contributed by atoms with E-state index in [0.29, 0.717) is 0 Å². The molecule has 1 aliphatic heterocycles. The summed E-state index contributed by atoms with van der Waals surface area (Å²) in [6, 6.07) is 9.92. The van der Waals surface area contributed by atoms with Gasteiger partial charge in [-0.1, -0.05) is 6.07 Å². The monoisotopic (exact) mass is 273 g/mol. The van der Waals surface area contributed by atoms with Gasteiger partial charge in [-0.25, -0.2) is 0 Å². The number of likely N-dealkylation sites (N-methyl/N-ethyl adjacent to an activating group) is 1. The zero-order valence-electron chi connectivity index (χ0n) is 10.8. The number of hydrogen-bond donors (Lipinski definition) is 1. The molecular formula is C14H15N3OS. The first-order valence-electron chi connectivity index (χ1n) is 6.17. The van der Waals surface area contributed by atoms with Crippen LogP contribution in [0.1, 0.15) is 29.3 Å². The molecule has 0 bridgehead atoms. The molecule has 5 heteroatoms. The Morgan fingerprint density at radius 2 is 2.16 bits per heavy atom. The third-order valence-electron chi connectivity index (χ3n) is 3.39. The first kappa shape index (κ1) is 12.2. The minimum atomic E-state index is 0.0178. The second kappa shape index (κ2) is 4.66. The van der Waals surface area contributed by atoms with Gasteiger partial charge in [-0.3, -0.25) is 4.98 Å². The fourth-order valence-corrected chi connectivity index (χ4v) is 2.67. The van der Waals surface area contributed by atoms with Crippen LogP contribution in [-0.2, 0) is 0 Å². The number of thiocarbonyl (C=S) groups is 1. The van der Waals surface area contributed by atoms with Crippen molar-refractivity contribution in [1.29, 1.82) is 0 Å². The Morgan fingerprint density at radius 3 is 2.79 bits per heavy atom. The predicted molar refractivity (Wildman–Crippen MR) is 76.7 cm³/mol. The molecule has 3 heterocycles. The smallest absolute Gasteiger partial charge is 0.170 e. The van der Waals surface area contributed by atoms with Crippen molar-refractivity contribution in [2.24, 2.45) is 0 Å². The Labute approximate surface area is 117 Å². The molecule has 0 spiro atoms. The topological polar surface area (TPSA) is 41.3 Å². The zero-order valence-corrected chi connectivity index (χ0v) is 11.6. The fourth-order valence-electron chi connectivity index (χ4n) is 2.43. The molecule has 98 valence electrons. The van der Waals surface area contributed by atoms with Crippen molar-refractivity contribution in [2.75, 3.05) is 7.05 Å². The normalized spacial score (nSPS) is 22.6. The largest absolute Gasteiger partial charge is 0.464 e. The van der Waals surface area contributed by atoms with Crippen LogP contribution in [0.15, 0.2) is 40.9 Å². The number of pyridine rings is 1. The van der Waals surface area contributed by atoms with Crippen molar-refractivity contribution in [1.82, 2.24) is 15.2 Å². The highest BCUT2D eigenvalue weighted by Crippen LogP contribution is 2.37.